The van der Waals surface area contributed by atoms with Gasteiger partial charge in [-0.1, -0.05) is 31.2 Å². The Labute approximate surface area is 165 Å². The molecule has 0 saturated heterocycles. The summed E-state index contributed by atoms with van der Waals surface area (Å²) in [5, 5.41) is 4.22. The van der Waals surface area contributed by atoms with Crippen LogP contribution in [-0.4, -0.2) is 33.6 Å². The van der Waals surface area contributed by atoms with Crippen molar-refractivity contribution in [3.05, 3.63) is 66.0 Å². The van der Waals surface area contributed by atoms with Gasteiger partial charge in [0.1, 0.15) is 5.65 Å². The van der Waals surface area contributed by atoms with Gasteiger partial charge in [0.15, 0.2) is 0 Å². The van der Waals surface area contributed by atoms with Crippen molar-refractivity contribution in [1.82, 2.24) is 14.5 Å². The number of fused-ring (bicyclic) bond motifs is 1. The van der Waals surface area contributed by atoms with Crippen molar-refractivity contribution in [2.24, 2.45) is 0 Å². The summed E-state index contributed by atoms with van der Waals surface area (Å²) < 4.78 is 2.24. The number of hydrogen-bond acceptors (Lipinski definition) is 2. The van der Waals surface area contributed by atoms with Gasteiger partial charge in [0.05, 0.1) is 0 Å². The van der Waals surface area contributed by atoms with Crippen LogP contribution in [0.2, 0.25) is 0 Å². The van der Waals surface area contributed by atoms with Gasteiger partial charge in [0.25, 0.3) is 0 Å². The predicted octanol–water partition coefficient (Wildman–Crippen LogP) is 5.08. The molecule has 0 bridgehead atoms. The molecule has 1 N–H and O–H groups in total. The van der Waals surface area contributed by atoms with Gasteiger partial charge in [-0.05, 0) is 49.1 Å². The highest BCUT2D eigenvalue weighted by Gasteiger charge is 2.20. The third kappa shape index (κ3) is 3.52. The van der Waals surface area contributed by atoms with Crippen molar-refractivity contribution in [2.45, 2.75) is 33.2 Å². The Kier molecular flexibility index (Phi) is 5.15. The number of aryl methyl sites for hydroxylation is 2. The Balaban J connectivity index is 1.52. The molecule has 1 aliphatic heterocycles. The summed E-state index contributed by atoms with van der Waals surface area (Å²) in [6.07, 6.45) is 8.17. The van der Waals surface area contributed by atoms with E-state index in [1.807, 2.05) is 48.4 Å². The minimum absolute atomic E-state index is 0.0420. The lowest BCUT2D eigenvalue weighted by Crippen LogP contribution is -2.38. The molecule has 5 nitrogen and oxygen atoms in total. The van der Waals surface area contributed by atoms with E-state index >= 15 is 0 Å². The highest BCUT2D eigenvalue weighted by Crippen LogP contribution is 2.30. The molecule has 0 radical (unpaired) electrons. The first kappa shape index (κ1) is 18.3. The lowest BCUT2D eigenvalue weighted by atomic mass is 10.00. The lowest BCUT2D eigenvalue weighted by molar-refractivity contribution is 0.217. The van der Waals surface area contributed by atoms with E-state index in [0.29, 0.717) is 13.1 Å². The Bertz CT molecular complexity index is 1030. The number of amides is 2. The van der Waals surface area contributed by atoms with Crippen molar-refractivity contribution in [2.75, 3.05) is 18.4 Å². The number of nitrogens with one attached hydrogen (secondary N) is 1. The number of carbonyl (C=O) groups is 1. The Hall–Kier alpha value is -3.08. The Morgan fingerprint density at radius 3 is 2.82 bits per heavy atom. The number of urea groups is 1. The van der Waals surface area contributed by atoms with Gasteiger partial charge in [-0.15, -0.1) is 0 Å². The molecule has 1 aromatic carbocycles. The number of anilines is 1. The number of rotatable bonds is 4. The molecule has 0 atom stereocenters. The number of carbonyl (C=O) groups excluding carboxylic acids is 1. The fourth-order valence-electron chi connectivity index (χ4n) is 3.80. The van der Waals surface area contributed by atoms with Gasteiger partial charge in [0, 0.05) is 48.7 Å². The van der Waals surface area contributed by atoms with Crippen LogP contribution in [0.15, 0.2) is 54.9 Å². The summed E-state index contributed by atoms with van der Waals surface area (Å²) in [7, 11) is 0. The fraction of sp³-hybridized carbons (Fsp3) is 0.304. The highest BCUT2D eigenvalue weighted by atomic mass is 16.2. The average Bonchev–Trinajstić information content (AvgIpc) is 3.09. The molecule has 28 heavy (non-hydrogen) atoms. The highest BCUT2D eigenvalue weighted by molar-refractivity contribution is 5.93. The molecule has 2 aromatic heterocycles. The van der Waals surface area contributed by atoms with E-state index in [0.717, 1.165) is 36.3 Å². The van der Waals surface area contributed by atoms with Crippen LogP contribution in [0.25, 0.3) is 16.6 Å². The molecule has 3 aromatic rings. The summed E-state index contributed by atoms with van der Waals surface area (Å²) in [6, 6.07) is 12.0. The van der Waals surface area contributed by atoms with E-state index in [1.165, 1.54) is 16.5 Å². The average molecular weight is 374 g/mol. The molecular formula is C23H26N4O. The molecule has 1 aliphatic rings. The van der Waals surface area contributed by atoms with Crippen LogP contribution in [0.5, 0.6) is 0 Å². The van der Waals surface area contributed by atoms with Gasteiger partial charge in [-0.25, -0.2) is 9.78 Å². The van der Waals surface area contributed by atoms with Crippen LogP contribution in [0.3, 0.4) is 0 Å². The summed E-state index contributed by atoms with van der Waals surface area (Å²) >= 11 is 0. The largest absolute Gasteiger partial charge is 0.332 e. The first-order valence-corrected chi connectivity index (χ1v) is 9.92. The normalized spacial score (nSPS) is 14.2. The number of benzene rings is 1. The van der Waals surface area contributed by atoms with E-state index < -0.39 is 0 Å². The number of nitrogens with zero attached hydrogens (tertiary/aromatic N) is 3. The molecular weight excluding hydrogens is 348 g/mol. The molecule has 3 heterocycles. The zero-order valence-electron chi connectivity index (χ0n) is 16.5. The van der Waals surface area contributed by atoms with Crippen LogP contribution >= 0.6 is 0 Å². The SMILES string of the molecule is CCCn1cc(C2=CCN(C(=O)Nc3ccccc3C)CC2)c2cccnc21. The van der Waals surface area contributed by atoms with Crippen molar-refractivity contribution < 1.29 is 4.79 Å². The molecule has 0 fully saturated rings. The second-order valence-corrected chi connectivity index (χ2v) is 7.28. The summed E-state index contributed by atoms with van der Waals surface area (Å²) in [6.45, 7) is 6.48. The van der Waals surface area contributed by atoms with Crippen LogP contribution in [-0.2, 0) is 6.54 Å². The molecule has 0 unspecified atom stereocenters. The topological polar surface area (TPSA) is 50.2 Å². The van der Waals surface area contributed by atoms with Crippen LogP contribution in [0.4, 0.5) is 10.5 Å². The second-order valence-electron chi connectivity index (χ2n) is 7.28. The number of aromatic nitrogens is 2. The van der Waals surface area contributed by atoms with E-state index in [-0.39, 0.29) is 6.03 Å². The van der Waals surface area contributed by atoms with Crippen molar-refractivity contribution in [3.8, 4) is 0 Å². The van der Waals surface area contributed by atoms with Crippen molar-refractivity contribution in [1.29, 1.82) is 0 Å². The Morgan fingerprint density at radius 2 is 2.07 bits per heavy atom. The van der Waals surface area contributed by atoms with Crippen LogP contribution in [0.1, 0.15) is 30.9 Å². The maximum absolute atomic E-state index is 12.6. The maximum atomic E-state index is 12.6. The van der Waals surface area contributed by atoms with E-state index in [4.69, 9.17) is 0 Å². The monoisotopic (exact) mass is 374 g/mol. The summed E-state index contributed by atoms with van der Waals surface area (Å²) in [4.78, 5) is 19.1. The van der Waals surface area contributed by atoms with Crippen molar-refractivity contribution >= 4 is 28.3 Å². The lowest BCUT2D eigenvalue weighted by Gasteiger charge is -2.27. The molecule has 0 aliphatic carbocycles. The van der Waals surface area contributed by atoms with E-state index in [1.54, 1.807) is 0 Å². The van der Waals surface area contributed by atoms with Gasteiger partial charge in [0.2, 0.25) is 0 Å². The van der Waals surface area contributed by atoms with Crippen molar-refractivity contribution in [3.63, 3.8) is 0 Å². The molecule has 144 valence electrons. The Morgan fingerprint density at radius 1 is 1.21 bits per heavy atom. The zero-order chi connectivity index (χ0) is 19.5. The van der Waals surface area contributed by atoms with Crippen LogP contribution in [0, 0.1) is 6.92 Å². The molecule has 2 amide bonds. The first-order valence-electron chi connectivity index (χ1n) is 9.92. The predicted molar refractivity (Wildman–Crippen MR) is 114 cm³/mol. The molecule has 0 saturated carbocycles. The van der Waals surface area contributed by atoms with Gasteiger partial charge in [-0.2, -0.15) is 0 Å². The zero-order valence-corrected chi connectivity index (χ0v) is 16.5. The third-order valence-corrected chi connectivity index (χ3v) is 5.33. The number of hydrogen-bond donors (Lipinski definition) is 1. The molecule has 4 rings (SSSR count). The molecule has 0 spiro atoms. The standard InChI is InChI=1S/C23H26N4O/c1-3-13-27-16-20(19-8-6-12-24-22(19)27)18-10-14-26(15-11-18)23(28)25-21-9-5-4-7-17(21)2/h4-10,12,16H,3,11,13-15H2,1-2H3,(H,25,28). The quantitative estimate of drug-likeness (QED) is 0.693. The maximum Gasteiger partial charge on any atom is 0.322 e. The second kappa shape index (κ2) is 7.89. The van der Waals surface area contributed by atoms with E-state index in [9.17, 15) is 4.79 Å². The summed E-state index contributed by atoms with van der Waals surface area (Å²) in [5.41, 5.74) is 5.53. The van der Waals surface area contributed by atoms with Gasteiger partial charge in [-0.3, -0.25) is 0 Å². The minimum Gasteiger partial charge on any atom is -0.332 e. The fourth-order valence-corrected chi connectivity index (χ4v) is 3.80. The first-order chi connectivity index (χ1) is 13.7. The van der Waals surface area contributed by atoms with E-state index in [2.05, 4.69) is 40.1 Å². The minimum atomic E-state index is -0.0420. The number of pyridine rings is 1. The number of para-hydroxylation sites is 1. The summed E-state index contributed by atoms with van der Waals surface area (Å²) in [5.74, 6) is 0. The van der Waals surface area contributed by atoms with Gasteiger partial charge < -0.3 is 14.8 Å². The van der Waals surface area contributed by atoms with Crippen LogP contribution < -0.4 is 5.32 Å². The van der Waals surface area contributed by atoms with Gasteiger partial charge >= 0.3 is 6.03 Å². The molecule has 5 heteroatoms. The third-order valence-electron chi connectivity index (χ3n) is 5.33. The smallest absolute Gasteiger partial charge is 0.322 e.